The van der Waals surface area contributed by atoms with Gasteiger partial charge in [-0.05, 0) is 28.7 Å². The molecule has 0 N–H and O–H groups in total. The molecule has 0 aromatic heterocycles. The summed E-state index contributed by atoms with van der Waals surface area (Å²) in [6, 6.07) is 4.05. The van der Waals surface area contributed by atoms with E-state index in [9.17, 15) is 14.9 Å². The maximum atomic E-state index is 11.8. The lowest BCUT2D eigenvalue weighted by Crippen LogP contribution is -2.13. The van der Waals surface area contributed by atoms with Crippen LogP contribution in [0.15, 0.2) is 18.2 Å². The number of nitro benzene ring substituents is 1. The van der Waals surface area contributed by atoms with E-state index in [1.54, 1.807) is 7.11 Å². The van der Waals surface area contributed by atoms with E-state index in [0.29, 0.717) is 16.8 Å². The predicted octanol–water partition coefficient (Wildman–Crippen LogP) is 2.02. The van der Waals surface area contributed by atoms with E-state index in [4.69, 9.17) is 14.2 Å². The highest BCUT2D eigenvalue weighted by Crippen LogP contribution is 2.20. The van der Waals surface area contributed by atoms with Crippen molar-refractivity contribution in [2.75, 3.05) is 33.5 Å². The number of halogens is 1. The van der Waals surface area contributed by atoms with E-state index in [2.05, 4.69) is 0 Å². The van der Waals surface area contributed by atoms with Crippen molar-refractivity contribution in [1.29, 1.82) is 0 Å². The molecule has 0 amide bonds. The maximum absolute atomic E-state index is 11.8. The van der Waals surface area contributed by atoms with Crippen molar-refractivity contribution < 1.29 is 23.9 Å². The molecular weight excluding hydrogens is 381 g/mol. The third-order valence-electron chi connectivity index (χ3n) is 2.27. The molecule has 0 unspecified atom stereocenters. The average Bonchev–Trinajstić information content (AvgIpc) is 2.42. The van der Waals surface area contributed by atoms with Gasteiger partial charge in [-0.15, -0.1) is 0 Å². The highest BCUT2D eigenvalue weighted by atomic mass is 127. The lowest BCUT2D eigenvalue weighted by Gasteiger charge is -2.07. The second kappa shape index (κ2) is 8.82. The Balaban J connectivity index is 2.50. The Labute approximate surface area is 129 Å². The molecule has 1 aromatic carbocycles. The Morgan fingerprint density at radius 3 is 2.65 bits per heavy atom. The summed E-state index contributed by atoms with van der Waals surface area (Å²) in [5.41, 5.74) is 0.0328. The van der Waals surface area contributed by atoms with Crippen LogP contribution in [0.3, 0.4) is 0 Å². The van der Waals surface area contributed by atoms with Gasteiger partial charge in [-0.3, -0.25) is 10.1 Å². The summed E-state index contributed by atoms with van der Waals surface area (Å²) in [7, 11) is 1.56. The molecular formula is C12H14INO6. The molecule has 110 valence electrons. The number of rotatable bonds is 8. The Bertz CT molecular complexity index is 479. The third kappa shape index (κ3) is 5.39. The molecule has 0 fully saturated rings. The topological polar surface area (TPSA) is 87.9 Å². The molecule has 20 heavy (non-hydrogen) atoms. The van der Waals surface area contributed by atoms with Crippen molar-refractivity contribution in [2.45, 2.75) is 0 Å². The van der Waals surface area contributed by atoms with E-state index in [0.717, 1.165) is 0 Å². The summed E-state index contributed by atoms with van der Waals surface area (Å²) in [5, 5.41) is 10.7. The van der Waals surface area contributed by atoms with Crippen LogP contribution in [0, 0.1) is 13.7 Å². The average molecular weight is 395 g/mol. The molecule has 0 bridgehead atoms. The van der Waals surface area contributed by atoms with Gasteiger partial charge in [0, 0.05) is 22.8 Å². The first-order valence-corrected chi connectivity index (χ1v) is 6.82. The predicted molar refractivity (Wildman–Crippen MR) is 78.8 cm³/mol. The maximum Gasteiger partial charge on any atom is 0.339 e. The number of benzene rings is 1. The van der Waals surface area contributed by atoms with E-state index in [1.807, 2.05) is 22.6 Å². The van der Waals surface area contributed by atoms with E-state index in [1.165, 1.54) is 18.2 Å². The number of nitro groups is 1. The van der Waals surface area contributed by atoms with Gasteiger partial charge in [-0.1, -0.05) is 0 Å². The minimum atomic E-state index is -0.603. The minimum absolute atomic E-state index is 0.0846. The van der Waals surface area contributed by atoms with Crippen LogP contribution in [0.2, 0.25) is 0 Å². The molecule has 0 saturated heterocycles. The molecule has 0 atom stereocenters. The first-order valence-electron chi connectivity index (χ1n) is 5.74. The molecule has 0 aliphatic rings. The summed E-state index contributed by atoms with van der Waals surface area (Å²) in [6.07, 6.45) is 0. The molecule has 0 saturated carbocycles. The Hall–Kier alpha value is -1.26. The Morgan fingerprint density at radius 1 is 1.30 bits per heavy atom. The summed E-state index contributed by atoms with van der Waals surface area (Å²) in [6.45, 7) is 1.22. The van der Waals surface area contributed by atoms with Crippen molar-refractivity contribution in [3.05, 3.63) is 37.4 Å². The van der Waals surface area contributed by atoms with Gasteiger partial charge < -0.3 is 14.2 Å². The monoisotopic (exact) mass is 395 g/mol. The van der Waals surface area contributed by atoms with Crippen LogP contribution in [-0.2, 0) is 14.2 Å². The number of esters is 1. The van der Waals surface area contributed by atoms with Gasteiger partial charge in [0.1, 0.15) is 6.61 Å². The van der Waals surface area contributed by atoms with Crippen LogP contribution < -0.4 is 0 Å². The first-order chi connectivity index (χ1) is 9.56. The third-order valence-corrected chi connectivity index (χ3v) is 3.21. The SMILES string of the molecule is COCCOCCOC(=O)c1cc([N+](=O)[O-])ccc1I. The van der Waals surface area contributed by atoms with Gasteiger partial charge in [0.15, 0.2) is 0 Å². The fourth-order valence-corrected chi connectivity index (χ4v) is 1.85. The Morgan fingerprint density at radius 2 is 2.00 bits per heavy atom. The smallest absolute Gasteiger partial charge is 0.339 e. The van der Waals surface area contributed by atoms with Crippen molar-refractivity contribution >= 4 is 34.2 Å². The van der Waals surface area contributed by atoms with Crippen LogP contribution in [0.25, 0.3) is 0 Å². The van der Waals surface area contributed by atoms with Crippen LogP contribution in [0.1, 0.15) is 10.4 Å². The van der Waals surface area contributed by atoms with Crippen LogP contribution >= 0.6 is 22.6 Å². The van der Waals surface area contributed by atoms with Crippen LogP contribution in [0.5, 0.6) is 0 Å². The lowest BCUT2D eigenvalue weighted by atomic mass is 10.2. The van der Waals surface area contributed by atoms with Gasteiger partial charge in [0.05, 0.1) is 30.3 Å². The molecule has 8 heteroatoms. The summed E-state index contributed by atoms with van der Waals surface area (Å²) >= 11 is 1.92. The van der Waals surface area contributed by atoms with E-state index < -0.39 is 10.9 Å². The second-order valence-electron chi connectivity index (χ2n) is 3.66. The zero-order valence-corrected chi connectivity index (χ0v) is 13.0. The number of nitrogens with zero attached hydrogens (tertiary/aromatic N) is 1. The second-order valence-corrected chi connectivity index (χ2v) is 4.82. The zero-order valence-electron chi connectivity index (χ0n) is 10.8. The molecule has 1 rings (SSSR count). The number of methoxy groups -OCH3 is 1. The molecule has 1 aromatic rings. The fourth-order valence-electron chi connectivity index (χ4n) is 1.30. The number of carbonyl (C=O) groups is 1. The van der Waals surface area contributed by atoms with Crippen molar-refractivity contribution in [1.82, 2.24) is 0 Å². The normalized spacial score (nSPS) is 10.3. The van der Waals surface area contributed by atoms with Crippen molar-refractivity contribution in [2.24, 2.45) is 0 Å². The molecule has 0 radical (unpaired) electrons. The molecule has 0 aliphatic heterocycles. The molecule has 0 heterocycles. The summed E-state index contributed by atoms with van der Waals surface area (Å²) in [5.74, 6) is -0.603. The number of hydrogen-bond acceptors (Lipinski definition) is 6. The minimum Gasteiger partial charge on any atom is -0.460 e. The van der Waals surface area contributed by atoms with Gasteiger partial charge in [-0.2, -0.15) is 0 Å². The van der Waals surface area contributed by atoms with Crippen molar-refractivity contribution in [3.8, 4) is 0 Å². The Kier molecular flexibility index (Phi) is 7.41. The highest BCUT2D eigenvalue weighted by Gasteiger charge is 2.16. The van der Waals surface area contributed by atoms with Gasteiger partial charge in [0.2, 0.25) is 0 Å². The van der Waals surface area contributed by atoms with Gasteiger partial charge in [0.25, 0.3) is 5.69 Å². The largest absolute Gasteiger partial charge is 0.460 e. The highest BCUT2D eigenvalue weighted by molar-refractivity contribution is 14.1. The van der Waals surface area contributed by atoms with Crippen LogP contribution in [-0.4, -0.2) is 44.4 Å². The van der Waals surface area contributed by atoms with Gasteiger partial charge in [-0.25, -0.2) is 4.79 Å². The molecule has 0 spiro atoms. The van der Waals surface area contributed by atoms with Crippen LogP contribution in [0.4, 0.5) is 5.69 Å². The van der Waals surface area contributed by atoms with E-state index in [-0.39, 0.29) is 24.5 Å². The van der Waals surface area contributed by atoms with E-state index >= 15 is 0 Å². The summed E-state index contributed by atoms with van der Waals surface area (Å²) < 4.78 is 15.5. The summed E-state index contributed by atoms with van der Waals surface area (Å²) in [4.78, 5) is 21.9. The fraction of sp³-hybridized carbons (Fsp3) is 0.417. The number of hydrogen-bond donors (Lipinski definition) is 0. The first kappa shape index (κ1) is 16.8. The van der Waals surface area contributed by atoms with Crippen molar-refractivity contribution in [3.63, 3.8) is 0 Å². The number of carbonyl (C=O) groups excluding carboxylic acids is 1. The number of non-ortho nitro benzene ring substituents is 1. The van der Waals surface area contributed by atoms with Gasteiger partial charge >= 0.3 is 5.97 Å². The number of ether oxygens (including phenoxy) is 3. The zero-order chi connectivity index (χ0) is 15.0. The standard InChI is InChI=1S/C12H14INO6/c1-18-4-5-19-6-7-20-12(15)10-8-9(14(16)17)2-3-11(10)13/h2-3,8H,4-7H2,1H3. The molecule has 0 aliphatic carbocycles. The quantitative estimate of drug-likeness (QED) is 0.220. The molecule has 7 nitrogen and oxygen atoms in total. The lowest BCUT2D eigenvalue weighted by molar-refractivity contribution is -0.384.